The van der Waals surface area contributed by atoms with Gasteiger partial charge in [0, 0.05) is 65.4 Å². The molecule has 0 radical (unpaired) electrons. The van der Waals surface area contributed by atoms with Crippen LogP contribution in [0.4, 0.5) is 9.59 Å². The average molecular weight is 1180 g/mol. The molecule has 4 aromatic heterocycles. The van der Waals surface area contributed by atoms with Crippen LogP contribution in [-0.4, -0.2) is 92.2 Å². The normalized spacial score (nSPS) is 13.3. The van der Waals surface area contributed by atoms with E-state index in [0.717, 1.165) is 74.0 Å². The number of H-pyrrole nitrogens is 2. The highest BCUT2D eigenvalue weighted by Gasteiger charge is 2.26. The highest BCUT2D eigenvalue weighted by molar-refractivity contribution is 9.13. The van der Waals surface area contributed by atoms with Crippen LogP contribution in [0.25, 0.3) is 21.8 Å². The average Bonchev–Trinajstić information content (AvgIpc) is 3.99. The first-order chi connectivity index (χ1) is 32.0. The summed E-state index contributed by atoms with van der Waals surface area (Å²) in [6, 6.07) is 9.88. The number of imidazole rings is 2. The number of nitrogens with one attached hydrogen (secondary N) is 4. The van der Waals surface area contributed by atoms with Crippen LogP contribution in [0.15, 0.2) is 56.7 Å². The molecule has 21 heteroatoms. The molecule has 0 spiro atoms. The maximum atomic E-state index is 12.6. The van der Waals surface area contributed by atoms with Gasteiger partial charge in [-0.1, -0.05) is 51.4 Å². The summed E-state index contributed by atoms with van der Waals surface area (Å²) < 4.78 is 28.5. The Labute approximate surface area is 434 Å². The molecule has 0 aliphatic heterocycles. The molecule has 2 amide bonds. The van der Waals surface area contributed by atoms with E-state index < -0.39 is 45.6 Å². The van der Waals surface area contributed by atoms with Gasteiger partial charge in [-0.25, -0.2) is 28.9 Å². The van der Waals surface area contributed by atoms with Gasteiger partial charge in [-0.15, -0.1) is 0 Å². The number of rotatable bonds is 18. The fourth-order valence-corrected chi connectivity index (χ4v) is 9.52. The monoisotopic (exact) mass is 1180 g/mol. The Bertz CT molecular complexity index is 2650. The quantitative estimate of drug-likeness (QED) is 0.0476. The van der Waals surface area contributed by atoms with Gasteiger partial charge in [0.05, 0.1) is 29.3 Å². The zero-order chi connectivity index (χ0) is 51.1. The molecule has 6 aromatic rings. The Morgan fingerprint density at radius 3 is 1.48 bits per heavy atom. The van der Waals surface area contributed by atoms with Crippen molar-refractivity contribution in [3.63, 3.8) is 0 Å². The van der Waals surface area contributed by atoms with E-state index >= 15 is 0 Å². The van der Waals surface area contributed by atoms with Crippen molar-refractivity contribution < 1.29 is 28.5 Å². The second-order valence-electron chi connectivity index (χ2n) is 21.9. The highest BCUT2D eigenvalue weighted by Crippen LogP contribution is 2.28. The van der Waals surface area contributed by atoms with Crippen LogP contribution < -0.4 is 10.6 Å². The van der Waals surface area contributed by atoms with Crippen LogP contribution in [0.2, 0.25) is 51.4 Å². The summed E-state index contributed by atoms with van der Waals surface area (Å²) in [4.78, 5) is 40.3. The first-order valence-corrected chi connectivity index (χ1v) is 33.0. The van der Waals surface area contributed by atoms with Crippen molar-refractivity contribution in [2.75, 3.05) is 13.2 Å². The number of amides is 2. The molecule has 0 saturated carbocycles. The number of fused-ring (bicyclic) bond motifs is 2. The van der Waals surface area contributed by atoms with E-state index in [2.05, 4.69) is 149 Å². The minimum atomic E-state index is -1.12. The van der Waals surface area contributed by atoms with E-state index in [4.69, 9.17) is 29.1 Å². The van der Waals surface area contributed by atoms with Crippen LogP contribution in [0.1, 0.15) is 87.5 Å². The molecule has 0 aliphatic rings. The lowest BCUT2D eigenvalue weighted by Crippen LogP contribution is -2.36. The summed E-state index contributed by atoms with van der Waals surface area (Å²) in [5.74, 6) is 1.28. The maximum absolute atomic E-state index is 12.6. The summed E-state index contributed by atoms with van der Waals surface area (Å²) in [6.45, 7) is 31.6. The fourth-order valence-electron chi connectivity index (χ4n) is 7.12. The fraction of sp³-hybridized carbons (Fsp3) is 0.542. The molecule has 0 aliphatic carbocycles. The lowest BCUT2D eigenvalue weighted by atomic mass is 10.0. The largest absolute Gasteiger partial charge is 0.444 e. The van der Waals surface area contributed by atoms with E-state index in [-0.39, 0.29) is 6.04 Å². The number of carbonyl (C=O) groups is 2. The Hall–Kier alpha value is -3.87. The third-order valence-electron chi connectivity index (χ3n) is 10.4. The Morgan fingerprint density at radius 2 is 1.12 bits per heavy atom. The van der Waals surface area contributed by atoms with Crippen molar-refractivity contribution in [3.05, 3.63) is 90.6 Å². The van der Waals surface area contributed by atoms with Gasteiger partial charge in [0.2, 0.25) is 0 Å². The molecule has 16 nitrogen and oxygen atoms in total. The first-order valence-electron chi connectivity index (χ1n) is 23.2. The number of hydrogen-bond acceptors (Lipinski definition) is 10. The van der Waals surface area contributed by atoms with Gasteiger partial charge in [-0.2, -0.15) is 10.2 Å². The predicted molar refractivity (Wildman–Crippen MR) is 289 cm³/mol. The number of nitrogens with zero attached hydrogens (tertiary/aromatic N) is 6. The van der Waals surface area contributed by atoms with Crippen molar-refractivity contribution in [1.82, 2.24) is 50.1 Å². The second-order valence-corrected chi connectivity index (χ2v) is 35.5. The van der Waals surface area contributed by atoms with Crippen LogP contribution in [0.5, 0.6) is 0 Å². The minimum Gasteiger partial charge on any atom is -0.444 e. The van der Waals surface area contributed by atoms with Gasteiger partial charge >= 0.3 is 12.2 Å². The van der Waals surface area contributed by atoms with E-state index in [1.54, 1.807) is 6.20 Å². The van der Waals surface area contributed by atoms with Crippen LogP contribution in [0, 0.1) is 13.8 Å². The number of alkyl carbamates (subject to hydrolysis) is 2. The summed E-state index contributed by atoms with van der Waals surface area (Å²) in [7, 11) is -2.24. The van der Waals surface area contributed by atoms with Crippen LogP contribution in [-0.2, 0) is 45.3 Å². The molecule has 2 aromatic carbocycles. The zero-order valence-corrected chi connectivity index (χ0v) is 49.4. The second kappa shape index (κ2) is 23.6. The summed E-state index contributed by atoms with van der Waals surface area (Å²) in [6.07, 6.45) is 5.81. The van der Waals surface area contributed by atoms with Gasteiger partial charge in [-0.05, 0) is 150 Å². The lowest BCUT2D eigenvalue weighted by Gasteiger charge is -2.23. The molecular weight excluding hydrogens is 1110 g/mol. The summed E-state index contributed by atoms with van der Waals surface area (Å²) >= 11 is 10.3. The molecule has 2 atom stereocenters. The number of aryl methyl sites for hydroxylation is 2. The Balaban J connectivity index is 0.000000258. The molecule has 4 heterocycles. The van der Waals surface area contributed by atoms with Gasteiger partial charge in [0.15, 0.2) is 0 Å². The van der Waals surface area contributed by atoms with Crippen molar-refractivity contribution >= 4 is 97.9 Å². The molecular formula is C48H71Br3N10O6Si2. The van der Waals surface area contributed by atoms with Crippen molar-refractivity contribution in [2.24, 2.45) is 0 Å². The number of carbonyl (C=O) groups excluding carboxylic acids is 2. The third-order valence-corrected chi connectivity index (χ3v) is 15.9. The summed E-state index contributed by atoms with van der Waals surface area (Å²) in [5.41, 5.74) is 4.98. The number of ether oxygens (including phenoxy) is 4. The molecule has 0 saturated heterocycles. The molecule has 4 N–H and O–H groups in total. The molecule has 2 unspecified atom stereocenters. The Morgan fingerprint density at radius 1 is 0.681 bits per heavy atom. The standard InChI is InChI=1S/C24H35Br2N5O3Si.C24H36BrN5O3Si/c1-15-10-16(11-17-13-31(30-19(15)17)14-33-8-9-35(5,6)7)12-18(22-28-20(25)21(26)29-22)27-23(32)34-24(2,3)4;1-16-10-17(11-18-14-30(29-21(16)18)15-32-8-9-34(5,6)7)12-19(22-26-13-20(25)28-22)27-23(31)33-24(2,3)4/h10-11,13,18H,8-9,12,14H2,1-7H3,(H,27,32)(H,28,29);10-11,13-14,19H,8-9,12,15H2,1-7H3,(H,26,28)(H,27,31). The number of hydrogen-bond donors (Lipinski definition) is 4. The molecule has 0 fully saturated rings. The van der Waals surface area contributed by atoms with E-state index in [0.29, 0.717) is 47.2 Å². The van der Waals surface area contributed by atoms with Gasteiger partial charge in [0.1, 0.15) is 50.1 Å². The zero-order valence-electron chi connectivity index (χ0n) is 42.6. The van der Waals surface area contributed by atoms with Gasteiger partial charge in [0.25, 0.3) is 0 Å². The molecule has 0 bridgehead atoms. The molecule has 378 valence electrons. The summed E-state index contributed by atoms with van der Waals surface area (Å²) in [5, 5.41) is 17.4. The minimum absolute atomic E-state index is 0.377. The molecule has 6 rings (SSSR count). The van der Waals surface area contributed by atoms with Gasteiger partial charge in [-0.3, -0.25) is 0 Å². The highest BCUT2D eigenvalue weighted by atomic mass is 79.9. The smallest absolute Gasteiger partial charge is 0.408 e. The molecule has 69 heavy (non-hydrogen) atoms. The third kappa shape index (κ3) is 18.7. The predicted octanol–water partition coefficient (Wildman–Crippen LogP) is 12.7. The van der Waals surface area contributed by atoms with E-state index in [1.807, 2.05) is 70.2 Å². The topological polar surface area (TPSA) is 188 Å². The van der Waals surface area contributed by atoms with Crippen molar-refractivity contribution in [3.8, 4) is 0 Å². The Kier molecular flexibility index (Phi) is 19.2. The number of benzene rings is 2. The SMILES string of the molecule is Cc1cc(CC(NC(=O)OC(C)(C)C)c2nc(Br)c(Br)[nH]2)cc2cn(COCC[Si](C)(C)C)nc12.Cc1cc(CC(NC(=O)OC(C)(C)C)c2ncc(Br)[nH]2)cc2cn(COCC[Si](C)(C)C)nc12. The lowest BCUT2D eigenvalue weighted by molar-refractivity contribution is 0.0489. The van der Waals surface area contributed by atoms with Crippen molar-refractivity contribution in [1.29, 1.82) is 0 Å². The van der Waals surface area contributed by atoms with Crippen molar-refractivity contribution in [2.45, 2.75) is 156 Å². The van der Waals surface area contributed by atoms with Gasteiger partial charge < -0.3 is 39.5 Å². The maximum Gasteiger partial charge on any atom is 0.408 e. The van der Waals surface area contributed by atoms with E-state index in [1.165, 1.54) is 0 Å². The number of halogens is 3. The number of aromatic amines is 2. The first kappa shape index (κ1) is 56.1. The van der Waals surface area contributed by atoms with Crippen LogP contribution in [0.3, 0.4) is 0 Å². The van der Waals surface area contributed by atoms with E-state index in [9.17, 15) is 9.59 Å². The number of aromatic nitrogens is 8. The van der Waals surface area contributed by atoms with Crippen LogP contribution >= 0.6 is 47.8 Å².